The molecule has 0 bridgehead atoms. The van der Waals surface area contributed by atoms with Crippen LogP contribution in [0.5, 0.6) is 0 Å². The van der Waals surface area contributed by atoms with Crippen LogP contribution >= 0.6 is 0 Å². The SMILES string of the molecule is CCCc1cnc(C)nc1N(C)Cc1ccncc1C. The molecule has 106 valence electrons. The van der Waals surface area contributed by atoms with Crippen molar-refractivity contribution in [3.8, 4) is 0 Å². The lowest BCUT2D eigenvalue weighted by atomic mass is 10.1. The molecule has 0 spiro atoms. The molecule has 4 nitrogen and oxygen atoms in total. The topological polar surface area (TPSA) is 41.9 Å². The monoisotopic (exact) mass is 270 g/mol. The van der Waals surface area contributed by atoms with E-state index in [1.54, 1.807) is 0 Å². The lowest BCUT2D eigenvalue weighted by Crippen LogP contribution is -2.20. The van der Waals surface area contributed by atoms with E-state index in [-0.39, 0.29) is 0 Å². The van der Waals surface area contributed by atoms with Gasteiger partial charge < -0.3 is 4.90 Å². The molecule has 4 heteroatoms. The zero-order valence-electron chi connectivity index (χ0n) is 12.7. The first-order valence-electron chi connectivity index (χ1n) is 7.05. The second-order valence-electron chi connectivity index (χ2n) is 5.17. The Kier molecular flexibility index (Phi) is 4.66. The molecular formula is C16H22N4. The van der Waals surface area contributed by atoms with Gasteiger partial charge in [0.25, 0.3) is 0 Å². The smallest absolute Gasteiger partial charge is 0.135 e. The van der Waals surface area contributed by atoms with Gasteiger partial charge in [-0.1, -0.05) is 13.3 Å². The number of rotatable bonds is 5. The van der Waals surface area contributed by atoms with Crippen LogP contribution in [0.2, 0.25) is 0 Å². The fourth-order valence-corrected chi connectivity index (χ4v) is 2.27. The van der Waals surface area contributed by atoms with Crippen LogP contribution in [0.3, 0.4) is 0 Å². The lowest BCUT2D eigenvalue weighted by Gasteiger charge is -2.22. The third-order valence-electron chi connectivity index (χ3n) is 3.39. The third-order valence-corrected chi connectivity index (χ3v) is 3.39. The Hall–Kier alpha value is -1.97. The van der Waals surface area contributed by atoms with Crippen LogP contribution in [-0.4, -0.2) is 22.0 Å². The molecule has 0 atom stereocenters. The van der Waals surface area contributed by atoms with Crippen molar-refractivity contribution in [3.05, 3.63) is 47.2 Å². The average molecular weight is 270 g/mol. The molecule has 20 heavy (non-hydrogen) atoms. The largest absolute Gasteiger partial charge is 0.355 e. The van der Waals surface area contributed by atoms with Gasteiger partial charge in [-0.25, -0.2) is 9.97 Å². The van der Waals surface area contributed by atoms with Gasteiger partial charge in [-0.05, 0) is 37.5 Å². The van der Waals surface area contributed by atoms with Crippen molar-refractivity contribution in [2.24, 2.45) is 0 Å². The number of aryl methyl sites for hydroxylation is 3. The Morgan fingerprint density at radius 2 is 1.95 bits per heavy atom. The molecule has 0 N–H and O–H groups in total. The summed E-state index contributed by atoms with van der Waals surface area (Å²) in [5.41, 5.74) is 3.70. The van der Waals surface area contributed by atoms with Gasteiger partial charge in [0.1, 0.15) is 11.6 Å². The van der Waals surface area contributed by atoms with E-state index in [0.717, 1.165) is 31.0 Å². The quantitative estimate of drug-likeness (QED) is 0.837. The third kappa shape index (κ3) is 3.32. The van der Waals surface area contributed by atoms with E-state index in [1.165, 1.54) is 16.7 Å². The molecule has 0 fully saturated rings. The van der Waals surface area contributed by atoms with Gasteiger partial charge in [0.05, 0.1) is 0 Å². The molecule has 0 saturated carbocycles. The molecule has 0 amide bonds. The fraction of sp³-hybridized carbons (Fsp3) is 0.438. The van der Waals surface area contributed by atoms with Crippen molar-refractivity contribution >= 4 is 5.82 Å². The van der Waals surface area contributed by atoms with Crippen LogP contribution in [0, 0.1) is 13.8 Å². The maximum Gasteiger partial charge on any atom is 0.135 e. The van der Waals surface area contributed by atoms with Gasteiger partial charge in [0, 0.05) is 37.7 Å². The van der Waals surface area contributed by atoms with Crippen LogP contribution in [0.4, 0.5) is 5.82 Å². The first-order valence-corrected chi connectivity index (χ1v) is 7.05. The van der Waals surface area contributed by atoms with E-state index < -0.39 is 0 Å². The van der Waals surface area contributed by atoms with Crippen LogP contribution < -0.4 is 4.90 Å². The summed E-state index contributed by atoms with van der Waals surface area (Å²) in [5, 5.41) is 0. The minimum absolute atomic E-state index is 0.818. The molecule has 0 aliphatic heterocycles. The zero-order chi connectivity index (χ0) is 14.5. The summed E-state index contributed by atoms with van der Waals surface area (Å²) < 4.78 is 0. The second kappa shape index (κ2) is 6.46. The number of anilines is 1. The number of pyridine rings is 1. The Morgan fingerprint density at radius 1 is 1.15 bits per heavy atom. The minimum Gasteiger partial charge on any atom is -0.355 e. The molecule has 2 rings (SSSR count). The maximum absolute atomic E-state index is 4.62. The highest BCUT2D eigenvalue weighted by atomic mass is 15.2. The summed E-state index contributed by atoms with van der Waals surface area (Å²) in [5.74, 6) is 1.86. The molecule has 2 aromatic rings. The molecule has 2 heterocycles. The average Bonchev–Trinajstić information content (AvgIpc) is 2.43. The summed E-state index contributed by atoms with van der Waals surface area (Å²) in [6.45, 7) is 7.04. The maximum atomic E-state index is 4.62. The van der Waals surface area contributed by atoms with Crippen molar-refractivity contribution in [3.63, 3.8) is 0 Å². The number of hydrogen-bond donors (Lipinski definition) is 0. The summed E-state index contributed by atoms with van der Waals surface area (Å²) in [6.07, 6.45) is 7.81. The molecule has 0 radical (unpaired) electrons. The molecule has 0 aromatic carbocycles. The van der Waals surface area contributed by atoms with Gasteiger partial charge in [-0.2, -0.15) is 0 Å². The number of aromatic nitrogens is 3. The Labute approximate surface area is 120 Å². The van der Waals surface area contributed by atoms with E-state index >= 15 is 0 Å². The lowest BCUT2D eigenvalue weighted by molar-refractivity contribution is 0.827. The van der Waals surface area contributed by atoms with Crippen molar-refractivity contribution in [1.82, 2.24) is 15.0 Å². The molecule has 0 saturated heterocycles. The zero-order valence-corrected chi connectivity index (χ0v) is 12.7. The van der Waals surface area contributed by atoms with Crippen molar-refractivity contribution < 1.29 is 0 Å². The minimum atomic E-state index is 0.818. The summed E-state index contributed by atoms with van der Waals surface area (Å²) in [6, 6.07) is 2.07. The predicted molar refractivity (Wildman–Crippen MR) is 81.8 cm³/mol. The fourth-order valence-electron chi connectivity index (χ4n) is 2.27. The highest BCUT2D eigenvalue weighted by Crippen LogP contribution is 2.20. The Bertz CT molecular complexity index is 580. The van der Waals surface area contributed by atoms with Crippen molar-refractivity contribution in [1.29, 1.82) is 0 Å². The first kappa shape index (κ1) is 14.4. The van der Waals surface area contributed by atoms with E-state index in [4.69, 9.17) is 0 Å². The van der Waals surface area contributed by atoms with Gasteiger partial charge in [0.2, 0.25) is 0 Å². The summed E-state index contributed by atoms with van der Waals surface area (Å²) in [7, 11) is 2.08. The predicted octanol–water partition coefficient (Wildman–Crippen LogP) is 3.08. The van der Waals surface area contributed by atoms with Crippen LogP contribution in [0.15, 0.2) is 24.7 Å². The number of hydrogen-bond acceptors (Lipinski definition) is 4. The number of nitrogens with zero attached hydrogens (tertiary/aromatic N) is 4. The standard InChI is InChI=1S/C16H22N4/c1-5-6-14-10-18-13(3)19-16(14)20(4)11-15-7-8-17-9-12(15)2/h7-10H,5-6,11H2,1-4H3. The van der Waals surface area contributed by atoms with Gasteiger partial charge >= 0.3 is 0 Å². The van der Waals surface area contributed by atoms with E-state index in [9.17, 15) is 0 Å². The van der Waals surface area contributed by atoms with Gasteiger partial charge in [-0.15, -0.1) is 0 Å². The molecule has 0 aliphatic carbocycles. The highest BCUT2D eigenvalue weighted by Gasteiger charge is 2.11. The molecule has 2 aromatic heterocycles. The first-order chi connectivity index (χ1) is 9.61. The summed E-state index contributed by atoms with van der Waals surface area (Å²) >= 11 is 0. The molecular weight excluding hydrogens is 248 g/mol. The van der Waals surface area contributed by atoms with Crippen LogP contribution in [-0.2, 0) is 13.0 Å². The van der Waals surface area contributed by atoms with Crippen molar-refractivity contribution in [2.45, 2.75) is 40.2 Å². The highest BCUT2D eigenvalue weighted by molar-refractivity contribution is 5.46. The second-order valence-corrected chi connectivity index (χ2v) is 5.17. The Balaban J connectivity index is 2.26. The Morgan fingerprint density at radius 3 is 2.65 bits per heavy atom. The van der Waals surface area contributed by atoms with Gasteiger partial charge in [0.15, 0.2) is 0 Å². The van der Waals surface area contributed by atoms with Gasteiger partial charge in [-0.3, -0.25) is 4.98 Å². The van der Waals surface area contributed by atoms with E-state index in [0.29, 0.717) is 0 Å². The van der Waals surface area contributed by atoms with E-state index in [2.05, 4.69) is 46.8 Å². The molecule has 0 aliphatic rings. The van der Waals surface area contributed by atoms with E-state index in [1.807, 2.05) is 25.5 Å². The van der Waals surface area contributed by atoms with Crippen LogP contribution in [0.25, 0.3) is 0 Å². The summed E-state index contributed by atoms with van der Waals surface area (Å²) in [4.78, 5) is 15.3. The van der Waals surface area contributed by atoms with Crippen molar-refractivity contribution in [2.75, 3.05) is 11.9 Å². The molecule has 0 unspecified atom stereocenters. The normalized spacial score (nSPS) is 10.6. The van der Waals surface area contributed by atoms with Crippen LogP contribution in [0.1, 0.15) is 35.9 Å².